The molecular formula is C14H18FN3O2. The van der Waals surface area contributed by atoms with Crippen LogP contribution in [-0.2, 0) is 0 Å². The largest absolute Gasteiger partial charge is 0.366 e. The fourth-order valence-corrected chi connectivity index (χ4v) is 2.37. The number of hydrogen-bond donors (Lipinski definition) is 2. The number of primary amides is 1. The number of benzene rings is 1. The molecule has 3 amide bonds. The Morgan fingerprint density at radius 3 is 2.85 bits per heavy atom. The minimum atomic E-state index is -0.856. The third-order valence-electron chi connectivity index (χ3n) is 3.43. The molecule has 0 radical (unpaired) electrons. The van der Waals surface area contributed by atoms with Crippen LogP contribution in [0.15, 0.2) is 18.2 Å². The van der Waals surface area contributed by atoms with Crippen molar-refractivity contribution in [2.45, 2.75) is 19.8 Å². The van der Waals surface area contributed by atoms with Crippen molar-refractivity contribution in [3.63, 3.8) is 0 Å². The molecule has 1 fully saturated rings. The highest BCUT2D eigenvalue weighted by molar-refractivity contribution is 5.96. The van der Waals surface area contributed by atoms with Crippen LogP contribution < -0.4 is 11.1 Å². The molecule has 0 bridgehead atoms. The van der Waals surface area contributed by atoms with Crippen molar-refractivity contribution in [2.75, 3.05) is 18.4 Å². The normalized spacial score (nSPS) is 18.7. The number of nitrogens with two attached hydrogens (primary N) is 1. The second-order valence-electron chi connectivity index (χ2n) is 5.18. The third kappa shape index (κ3) is 3.26. The summed E-state index contributed by atoms with van der Waals surface area (Å²) in [5.74, 6) is -1.07. The van der Waals surface area contributed by atoms with E-state index >= 15 is 0 Å². The van der Waals surface area contributed by atoms with Gasteiger partial charge in [0, 0.05) is 18.8 Å². The second-order valence-corrected chi connectivity index (χ2v) is 5.18. The monoisotopic (exact) mass is 279 g/mol. The van der Waals surface area contributed by atoms with Crippen molar-refractivity contribution in [3.05, 3.63) is 29.6 Å². The molecule has 0 saturated carbocycles. The standard InChI is InChI=1S/C14H18FN3O2/c1-9-3-2-6-18(8-9)14(20)17-10-4-5-12(15)11(7-10)13(16)19/h4-5,7,9H,2-3,6,8H2,1H3,(H2,16,19)(H,17,20)/t9-/m0/s1. The molecule has 1 atom stereocenters. The number of hydrogen-bond acceptors (Lipinski definition) is 2. The van der Waals surface area contributed by atoms with Gasteiger partial charge >= 0.3 is 6.03 Å². The lowest BCUT2D eigenvalue weighted by Crippen LogP contribution is -2.41. The van der Waals surface area contributed by atoms with Crippen LogP contribution in [0, 0.1) is 11.7 Å². The Morgan fingerprint density at radius 2 is 2.20 bits per heavy atom. The lowest BCUT2D eigenvalue weighted by atomic mass is 10.0. The SMILES string of the molecule is C[C@H]1CCCN(C(=O)Nc2ccc(F)c(C(N)=O)c2)C1. The molecule has 6 heteroatoms. The first-order valence-corrected chi connectivity index (χ1v) is 6.62. The van der Waals surface area contributed by atoms with Gasteiger partial charge in [0.2, 0.25) is 0 Å². The number of rotatable bonds is 2. The molecule has 1 aromatic carbocycles. The highest BCUT2D eigenvalue weighted by atomic mass is 19.1. The summed E-state index contributed by atoms with van der Waals surface area (Å²) in [7, 11) is 0. The van der Waals surface area contributed by atoms with E-state index in [-0.39, 0.29) is 11.6 Å². The second kappa shape index (κ2) is 5.90. The van der Waals surface area contributed by atoms with Crippen LogP contribution in [0.4, 0.5) is 14.9 Å². The minimum Gasteiger partial charge on any atom is -0.366 e. The number of nitrogens with one attached hydrogen (secondary N) is 1. The Balaban J connectivity index is 2.07. The quantitative estimate of drug-likeness (QED) is 0.870. The van der Waals surface area contributed by atoms with Crippen LogP contribution in [0.3, 0.4) is 0 Å². The van der Waals surface area contributed by atoms with Gasteiger partial charge in [-0.2, -0.15) is 0 Å². The van der Waals surface area contributed by atoms with E-state index in [4.69, 9.17) is 5.73 Å². The maximum absolute atomic E-state index is 13.3. The van der Waals surface area contributed by atoms with Gasteiger partial charge in [0.1, 0.15) is 5.82 Å². The predicted molar refractivity (Wildman–Crippen MR) is 73.9 cm³/mol. The number of urea groups is 1. The first-order chi connectivity index (χ1) is 9.47. The molecule has 5 nitrogen and oxygen atoms in total. The maximum Gasteiger partial charge on any atom is 0.321 e. The third-order valence-corrected chi connectivity index (χ3v) is 3.43. The van der Waals surface area contributed by atoms with Gasteiger partial charge in [-0.3, -0.25) is 4.79 Å². The molecule has 3 N–H and O–H groups in total. The average Bonchev–Trinajstić information content (AvgIpc) is 2.40. The summed E-state index contributed by atoms with van der Waals surface area (Å²) in [4.78, 5) is 24.9. The molecule has 2 rings (SSSR count). The molecule has 0 spiro atoms. The molecule has 1 aliphatic rings. The maximum atomic E-state index is 13.3. The number of anilines is 1. The smallest absolute Gasteiger partial charge is 0.321 e. The zero-order valence-electron chi connectivity index (χ0n) is 11.4. The van der Waals surface area contributed by atoms with E-state index in [1.54, 1.807) is 4.90 Å². The van der Waals surface area contributed by atoms with E-state index in [1.807, 2.05) is 0 Å². The van der Waals surface area contributed by atoms with Crippen LogP contribution in [0.5, 0.6) is 0 Å². The van der Waals surface area contributed by atoms with E-state index in [0.717, 1.165) is 18.9 Å². The summed E-state index contributed by atoms with van der Waals surface area (Å²) < 4.78 is 13.3. The Hall–Kier alpha value is -2.11. The Morgan fingerprint density at radius 1 is 1.45 bits per heavy atom. The van der Waals surface area contributed by atoms with Crippen molar-refractivity contribution in [1.29, 1.82) is 0 Å². The molecule has 1 heterocycles. The van der Waals surface area contributed by atoms with Gasteiger partial charge in [-0.25, -0.2) is 9.18 Å². The minimum absolute atomic E-state index is 0.227. The predicted octanol–water partition coefficient (Wildman–Crippen LogP) is 2.19. The average molecular weight is 279 g/mol. The molecule has 0 aliphatic carbocycles. The number of amides is 3. The van der Waals surface area contributed by atoms with Crippen molar-refractivity contribution >= 4 is 17.6 Å². The topological polar surface area (TPSA) is 75.4 Å². The van der Waals surface area contributed by atoms with E-state index in [1.165, 1.54) is 12.1 Å². The van der Waals surface area contributed by atoms with Crippen LogP contribution in [-0.4, -0.2) is 29.9 Å². The van der Waals surface area contributed by atoms with Crippen LogP contribution >= 0.6 is 0 Å². The molecular weight excluding hydrogens is 261 g/mol. The molecule has 1 aromatic rings. The lowest BCUT2D eigenvalue weighted by Gasteiger charge is -2.30. The number of carbonyl (C=O) groups excluding carboxylic acids is 2. The Bertz CT molecular complexity index is 533. The summed E-state index contributed by atoms with van der Waals surface area (Å²) in [6.07, 6.45) is 2.09. The molecule has 20 heavy (non-hydrogen) atoms. The fraction of sp³-hybridized carbons (Fsp3) is 0.429. The van der Waals surface area contributed by atoms with Gasteiger partial charge in [0.15, 0.2) is 0 Å². The van der Waals surface area contributed by atoms with Crippen molar-refractivity contribution < 1.29 is 14.0 Å². The van der Waals surface area contributed by atoms with E-state index < -0.39 is 11.7 Å². The van der Waals surface area contributed by atoms with Gasteiger partial charge in [0.05, 0.1) is 5.56 Å². The van der Waals surface area contributed by atoms with Gasteiger partial charge in [-0.15, -0.1) is 0 Å². The summed E-state index contributed by atoms with van der Waals surface area (Å²) in [5, 5.41) is 2.67. The summed E-state index contributed by atoms with van der Waals surface area (Å²) >= 11 is 0. The number of piperidine rings is 1. The number of halogens is 1. The van der Waals surface area contributed by atoms with Crippen LogP contribution in [0.2, 0.25) is 0 Å². The zero-order chi connectivity index (χ0) is 14.7. The Kier molecular flexibility index (Phi) is 4.22. The van der Waals surface area contributed by atoms with E-state index in [2.05, 4.69) is 12.2 Å². The number of carbonyl (C=O) groups is 2. The Labute approximate surface area is 116 Å². The van der Waals surface area contributed by atoms with Gasteiger partial charge in [-0.1, -0.05) is 6.92 Å². The highest BCUT2D eigenvalue weighted by Crippen LogP contribution is 2.18. The highest BCUT2D eigenvalue weighted by Gasteiger charge is 2.21. The first-order valence-electron chi connectivity index (χ1n) is 6.62. The van der Waals surface area contributed by atoms with Crippen LogP contribution in [0.1, 0.15) is 30.1 Å². The fourth-order valence-electron chi connectivity index (χ4n) is 2.37. The van der Waals surface area contributed by atoms with Gasteiger partial charge < -0.3 is 16.0 Å². The van der Waals surface area contributed by atoms with E-state index in [9.17, 15) is 14.0 Å². The van der Waals surface area contributed by atoms with Crippen molar-refractivity contribution in [3.8, 4) is 0 Å². The lowest BCUT2D eigenvalue weighted by molar-refractivity contribution is 0.0996. The molecule has 1 saturated heterocycles. The molecule has 108 valence electrons. The summed E-state index contributed by atoms with van der Waals surface area (Å²) in [6, 6.07) is 3.54. The first kappa shape index (κ1) is 14.3. The zero-order valence-corrected chi connectivity index (χ0v) is 11.4. The van der Waals surface area contributed by atoms with Gasteiger partial charge in [-0.05, 0) is 37.0 Å². The summed E-state index contributed by atoms with van der Waals surface area (Å²) in [6.45, 7) is 3.51. The van der Waals surface area contributed by atoms with Gasteiger partial charge in [0.25, 0.3) is 5.91 Å². The number of nitrogens with zero attached hydrogens (tertiary/aromatic N) is 1. The molecule has 1 aliphatic heterocycles. The molecule has 0 aromatic heterocycles. The summed E-state index contributed by atoms with van der Waals surface area (Å²) in [5.41, 5.74) is 5.21. The van der Waals surface area contributed by atoms with Crippen molar-refractivity contribution in [1.82, 2.24) is 4.90 Å². The molecule has 0 unspecified atom stereocenters. The number of likely N-dealkylation sites (tertiary alicyclic amines) is 1. The van der Waals surface area contributed by atoms with E-state index in [0.29, 0.717) is 24.7 Å². The van der Waals surface area contributed by atoms with Crippen LogP contribution in [0.25, 0.3) is 0 Å². The van der Waals surface area contributed by atoms with Crippen molar-refractivity contribution in [2.24, 2.45) is 11.7 Å².